The van der Waals surface area contributed by atoms with Crippen LogP contribution >= 0.6 is 0 Å². The zero-order valence-corrected chi connectivity index (χ0v) is 15.1. The number of hydrogen-bond acceptors (Lipinski definition) is 3. The Morgan fingerprint density at radius 3 is 2.59 bits per heavy atom. The average molecular weight is 363 g/mol. The smallest absolute Gasteiger partial charge is 0.227 e. The molecule has 2 N–H and O–H groups in total. The van der Waals surface area contributed by atoms with Crippen molar-refractivity contribution < 1.29 is 9.18 Å². The standard InChI is InChI=1S/C22H22FN3O/c23-18-7-3-1-5-16(18)14-21(27)26-11-9-15(10-12-26)22-19(24)13-17-6-2-4-8-20(17)25-22/h1-8,13,15H,9-12,14,24H2. The second kappa shape index (κ2) is 7.35. The van der Waals surface area contributed by atoms with E-state index >= 15 is 0 Å². The molecule has 27 heavy (non-hydrogen) atoms. The van der Waals surface area contributed by atoms with Crippen molar-refractivity contribution in [3.05, 3.63) is 71.7 Å². The summed E-state index contributed by atoms with van der Waals surface area (Å²) in [5, 5.41) is 1.04. The summed E-state index contributed by atoms with van der Waals surface area (Å²) in [7, 11) is 0. The highest BCUT2D eigenvalue weighted by atomic mass is 19.1. The number of carbonyl (C=O) groups is 1. The third kappa shape index (κ3) is 3.63. The molecule has 0 aliphatic carbocycles. The molecular weight excluding hydrogens is 341 g/mol. The quantitative estimate of drug-likeness (QED) is 0.768. The molecule has 1 aliphatic heterocycles. The van der Waals surface area contributed by atoms with Gasteiger partial charge in [-0.25, -0.2) is 4.39 Å². The van der Waals surface area contributed by atoms with E-state index in [1.165, 1.54) is 6.07 Å². The lowest BCUT2D eigenvalue weighted by Crippen LogP contribution is -2.39. The molecule has 0 bridgehead atoms. The Balaban J connectivity index is 1.44. The Morgan fingerprint density at radius 2 is 1.81 bits per heavy atom. The first-order valence-corrected chi connectivity index (χ1v) is 9.28. The molecule has 1 saturated heterocycles. The van der Waals surface area contributed by atoms with Crippen molar-refractivity contribution in [3.63, 3.8) is 0 Å². The first-order chi connectivity index (χ1) is 13.1. The number of pyridine rings is 1. The molecule has 0 unspecified atom stereocenters. The van der Waals surface area contributed by atoms with Crippen LogP contribution in [-0.2, 0) is 11.2 Å². The van der Waals surface area contributed by atoms with Gasteiger partial charge in [0, 0.05) is 24.4 Å². The van der Waals surface area contributed by atoms with Gasteiger partial charge in [0.15, 0.2) is 0 Å². The number of halogens is 1. The largest absolute Gasteiger partial charge is 0.397 e. The van der Waals surface area contributed by atoms with Crippen LogP contribution in [0, 0.1) is 5.82 Å². The first kappa shape index (κ1) is 17.5. The van der Waals surface area contributed by atoms with Crippen LogP contribution in [0.15, 0.2) is 54.6 Å². The molecule has 2 aromatic carbocycles. The second-order valence-electron chi connectivity index (χ2n) is 7.08. The molecule has 4 rings (SSSR count). The number of fused-ring (bicyclic) bond motifs is 1. The van der Waals surface area contributed by atoms with E-state index < -0.39 is 0 Å². The normalized spacial score (nSPS) is 15.2. The summed E-state index contributed by atoms with van der Waals surface area (Å²) in [4.78, 5) is 19.1. The molecule has 1 fully saturated rings. The molecule has 138 valence electrons. The van der Waals surface area contributed by atoms with Gasteiger partial charge in [0.1, 0.15) is 5.82 Å². The molecule has 0 spiro atoms. The molecule has 0 atom stereocenters. The minimum Gasteiger partial charge on any atom is -0.397 e. The minimum atomic E-state index is -0.325. The van der Waals surface area contributed by atoms with E-state index in [1.54, 1.807) is 18.2 Å². The molecule has 1 aromatic heterocycles. The molecule has 0 saturated carbocycles. The van der Waals surface area contributed by atoms with Crippen molar-refractivity contribution in [2.75, 3.05) is 18.8 Å². The predicted molar refractivity (Wildman–Crippen MR) is 105 cm³/mol. The van der Waals surface area contributed by atoms with Crippen molar-refractivity contribution in [1.29, 1.82) is 0 Å². The highest BCUT2D eigenvalue weighted by molar-refractivity contribution is 5.82. The van der Waals surface area contributed by atoms with E-state index in [2.05, 4.69) is 0 Å². The summed E-state index contributed by atoms with van der Waals surface area (Å²) >= 11 is 0. The van der Waals surface area contributed by atoms with Crippen LogP contribution < -0.4 is 5.73 Å². The van der Waals surface area contributed by atoms with Crippen molar-refractivity contribution in [1.82, 2.24) is 9.88 Å². The number of aromatic nitrogens is 1. The number of nitrogens with zero attached hydrogens (tertiary/aromatic N) is 2. The zero-order valence-electron chi connectivity index (χ0n) is 15.1. The summed E-state index contributed by atoms with van der Waals surface area (Å²) in [6.45, 7) is 1.29. The van der Waals surface area contributed by atoms with Gasteiger partial charge in [-0.1, -0.05) is 36.4 Å². The number of nitrogen functional groups attached to an aromatic ring is 1. The Bertz CT molecular complexity index is 980. The lowest BCUT2D eigenvalue weighted by atomic mass is 9.91. The summed E-state index contributed by atoms with van der Waals surface area (Å²) in [6, 6.07) is 16.4. The van der Waals surface area contributed by atoms with Crippen LogP contribution in [0.5, 0.6) is 0 Å². The molecule has 1 aliphatic rings. The number of anilines is 1. The van der Waals surface area contributed by atoms with E-state index in [9.17, 15) is 9.18 Å². The van der Waals surface area contributed by atoms with Crippen LogP contribution in [-0.4, -0.2) is 28.9 Å². The second-order valence-corrected chi connectivity index (χ2v) is 7.08. The fourth-order valence-electron chi connectivity index (χ4n) is 3.79. The maximum absolute atomic E-state index is 13.8. The zero-order chi connectivity index (χ0) is 18.8. The maximum atomic E-state index is 13.8. The van der Waals surface area contributed by atoms with Gasteiger partial charge in [-0.05, 0) is 36.6 Å². The van der Waals surface area contributed by atoms with E-state index in [4.69, 9.17) is 10.7 Å². The van der Waals surface area contributed by atoms with E-state index in [-0.39, 0.29) is 24.1 Å². The third-order valence-corrected chi connectivity index (χ3v) is 5.32. The first-order valence-electron chi connectivity index (χ1n) is 9.28. The van der Waals surface area contributed by atoms with Crippen LogP contribution in [0.4, 0.5) is 10.1 Å². The van der Waals surface area contributed by atoms with Gasteiger partial charge in [-0.2, -0.15) is 0 Å². The number of para-hydroxylation sites is 1. The summed E-state index contributed by atoms with van der Waals surface area (Å²) in [6.07, 6.45) is 1.74. The van der Waals surface area contributed by atoms with Gasteiger partial charge in [0.05, 0.1) is 23.3 Å². The van der Waals surface area contributed by atoms with Gasteiger partial charge in [0.2, 0.25) is 5.91 Å². The number of piperidine rings is 1. The number of rotatable bonds is 3. The van der Waals surface area contributed by atoms with Gasteiger partial charge < -0.3 is 10.6 Å². The van der Waals surface area contributed by atoms with E-state index in [0.717, 1.165) is 29.4 Å². The van der Waals surface area contributed by atoms with E-state index in [1.807, 2.05) is 35.2 Å². The highest BCUT2D eigenvalue weighted by Crippen LogP contribution is 2.32. The molecule has 5 heteroatoms. The minimum absolute atomic E-state index is 0.0296. The topological polar surface area (TPSA) is 59.2 Å². The van der Waals surface area contributed by atoms with Gasteiger partial charge >= 0.3 is 0 Å². The van der Waals surface area contributed by atoms with Crippen LogP contribution in [0.1, 0.15) is 30.0 Å². The maximum Gasteiger partial charge on any atom is 0.227 e. The lowest BCUT2D eigenvalue weighted by Gasteiger charge is -2.32. The van der Waals surface area contributed by atoms with Crippen LogP contribution in [0.25, 0.3) is 10.9 Å². The predicted octanol–water partition coefficient (Wildman–Crippen LogP) is 3.90. The average Bonchev–Trinajstić information content (AvgIpc) is 2.69. The molecular formula is C22H22FN3O. The SMILES string of the molecule is Nc1cc2ccccc2nc1C1CCN(C(=O)Cc2ccccc2F)CC1. The molecule has 3 aromatic rings. The summed E-state index contributed by atoms with van der Waals surface area (Å²) < 4.78 is 13.8. The van der Waals surface area contributed by atoms with Crippen molar-refractivity contribution in [3.8, 4) is 0 Å². The van der Waals surface area contributed by atoms with Gasteiger partial charge in [-0.3, -0.25) is 9.78 Å². The number of carbonyl (C=O) groups excluding carboxylic acids is 1. The Kier molecular flexibility index (Phi) is 4.75. The highest BCUT2D eigenvalue weighted by Gasteiger charge is 2.26. The Morgan fingerprint density at radius 1 is 1.11 bits per heavy atom. The summed E-state index contributed by atoms with van der Waals surface area (Å²) in [5.74, 6) is -0.112. The number of amides is 1. The molecule has 2 heterocycles. The van der Waals surface area contributed by atoms with Gasteiger partial charge in [0.25, 0.3) is 0 Å². The van der Waals surface area contributed by atoms with Crippen LogP contribution in [0.2, 0.25) is 0 Å². The number of hydrogen-bond donors (Lipinski definition) is 1. The van der Waals surface area contributed by atoms with Gasteiger partial charge in [-0.15, -0.1) is 0 Å². The van der Waals surface area contributed by atoms with Crippen molar-refractivity contribution in [2.24, 2.45) is 0 Å². The monoisotopic (exact) mass is 363 g/mol. The molecule has 0 radical (unpaired) electrons. The van der Waals surface area contributed by atoms with Crippen molar-refractivity contribution in [2.45, 2.75) is 25.2 Å². The number of likely N-dealkylation sites (tertiary alicyclic amines) is 1. The third-order valence-electron chi connectivity index (χ3n) is 5.32. The Hall–Kier alpha value is -2.95. The van der Waals surface area contributed by atoms with E-state index in [0.29, 0.717) is 24.3 Å². The summed E-state index contributed by atoms with van der Waals surface area (Å²) in [5.41, 5.74) is 9.28. The Labute approximate surface area is 157 Å². The lowest BCUT2D eigenvalue weighted by molar-refractivity contribution is -0.131. The molecule has 1 amide bonds. The van der Waals surface area contributed by atoms with Crippen molar-refractivity contribution >= 4 is 22.5 Å². The van der Waals surface area contributed by atoms with Crippen LogP contribution in [0.3, 0.4) is 0 Å². The fraction of sp³-hybridized carbons (Fsp3) is 0.273. The molecule has 4 nitrogen and oxygen atoms in total. The number of nitrogens with two attached hydrogens (primary N) is 1. The fourth-order valence-corrected chi connectivity index (χ4v) is 3.79. The number of benzene rings is 2.